The minimum Gasteiger partial charge on any atom is -0.462 e. The molecule has 0 radical (unpaired) electrons. The summed E-state index contributed by atoms with van der Waals surface area (Å²) < 4.78 is 16.7. The molecule has 0 aromatic rings. The standard InChI is InChI=1S/C65H112O6/c1-4-7-10-13-15-17-19-21-23-25-27-29-30-31-32-33-34-36-37-39-41-43-45-47-49-52-55-58-64(67)70-61-62(60-69-63(66)57-54-51-12-9-6-3)71-65(68)59-56-53-50-48-46-44-42-40-38-35-28-26-24-22-20-18-16-14-11-8-5-2/h7,10,15,17,20-23,26-29,38,40,62H,4-6,8-9,11-14,16,18-19,24-25,30-37,39,41-61H2,1-3H3/b10-7-,17-15-,22-20-,23-21-,28-26-,29-27-,40-38-. The lowest BCUT2D eigenvalue weighted by atomic mass is 10.0. The summed E-state index contributed by atoms with van der Waals surface area (Å²) in [6, 6.07) is 0. The van der Waals surface area contributed by atoms with E-state index in [0.29, 0.717) is 19.3 Å². The Labute approximate surface area is 439 Å². The summed E-state index contributed by atoms with van der Waals surface area (Å²) in [7, 11) is 0. The zero-order chi connectivity index (χ0) is 51.4. The first-order valence-corrected chi connectivity index (χ1v) is 30.1. The maximum Gasteiger partial charge on any atom is 0.306 e. The van der Waals surface area contributed by atoms with E-state index in [2.05, 4.69) is 106 Å². The number of esters is 3. The number of carbonyl (C=O) groups is 3. The monoisotopic (exact) mass is 989 g/mol. The molecule has 0 N–H and O–H groups in total. The van der Waals surface area contributed by atoms with Crippen molar-refractivity contribution in [2.75, 3.05) is 13.2 Å². The van der Waals surface area contributed by atoms with E-state index >= 15 is 0 Å². The number of hydrogen-bond donors (Lipinski definition) is 0. The van der Waals surface area contributed by atoms with Crippen molar-refractivity contribution in [3.05, 3.63) is 85.1 Å². The average Bonchev–Trinajstić information content (AvgIpc) is 3.37. The SMILES string of the molecule is CC/C=C\C/C=C\C/C=C\C/C=C\CCCCCCCCCCCCCCCCC(=O)OCC(COC(=O)CCCCCCC)OC(=O)CCCCCCCC/C=C\C/C=C\C/C=C\CCCCCCC. The second-order valence-corrected chi connectivity index (χ2v) is 19.9. The summed E-state index contributed by atoms with van der Waals surface area (Å²) in [5, 5.41) is 0. The summed E-state index contributed by atoms with van der Waals surface area (Å²) in [6.07, 6.45) is 77.7. The molecule has 0 spiro atoms. The van der Waals surface area contributed by atoms with E-state index in [9.17, 15) is 14.4 Å². The Bertz CT molecular complexity index is 1370. The normalized spacial score (nSPS) is 12.7. The third-order valence-electron chi connectivity index (χ3n) is 12.9. The maximum absolute atomic E-state index is 12.8. The van der Waals surface area contributed by atoms with Crippen LogP contribution in [0.3, 0.4) is 0 Å². The fourth-order valence-electron chi connectivity index (χ4n) is 8.38. The van der Waals surface area contributed by atoms with Gasteiger partial charge in [-0.2, -0.15) is 0 Å². The van der Waals surface area contributed by atoms with E-state index in [1.807, 2.05) is 0 Å². The smallest absolute Gasteiger partial charge is 0.306 e. The molecule has 0 amide bonds. The molecule has 0 saturated carbocycles. The predicted octanol–water partition coefficient (Wildman–Crippen LogP) is 20.3. The van der Waals surface area contributed by atoms with Gasteiger partial charge >= 0.3 is 17.9 Å². The Balaban J connectivity index is 4.08. The van der Waals surface area contributed by atoms with E-state index < -0.39 is 6.10 Å². The second-order valence-electron chi connectivity index (χ2n) is 19.9. The van der Waals surface area contributed by atoms with Crippen molar-refractivity contribution < 1.29 is 28.6 Å². The van der Waals surface area contributed by atoms with Gasteiger partial charge in [-0.3, -0.25) is 14.4 Å². The van der Waals surface area contributed by atoms with E-state index in [1.165, 1.54) is 135 Å². The van der Waals surface area contributed by atoms with Crippen molar-refractivity contribution in [3.8, 4) is 0 Å². The second kappa shape index (κ2) is 59.2. The molecule has 0 bridgehead atoms. The fraction of sp³-hybridized carbons (Fsp3) is 0.738. The zero-order valence-electron chi connectivity index (χ0n) is 46.7. The molecule has 0 aromatic carbocycles. The van der Waals surface area contributed by atoms with Crippen LogP contribution in [0.5, 0.6) is 0 Å². The molecule has 6 nitrogen and oxygen atoms in total. The van der Waals surface area contributed by atoms with Crippen LogP contribution in [0, 0.1) is 0 Å². The third-order valence-corrected chi connectivity index (χ3v) is 12.9. The van der Waals surface area contributed by atoms with Crippen molar-refractivity contribution >= 4 is 17.9 Å². The van der Waals surface area contributed by atoms with E-state index in [-0.39, 0.29) is 31.1 Å². The van der Waals surface area contributed by atoms with Crippen LogP contribution >= 0.6 is 0 Å². The highest BCUT2D eigenvalue weighted by Crippen LogP contribution is 2.16. The van der Waals surface area contributed by atoms with Crippen LogP contribution in [0.4, 0.5) is 0 Å². The van der Waals surface area contributed by atoms with Gasteiger partial charge in [0, 0.05) is 19.3 Å². The quantitative estimate of drug-likeness (QED) is 0.0261. The van der Waals surface area contributed by atoms with Crippen molar-refractivity contribution in [1.29, 1.82) is 0 Å². The van der Waals surface area contributed by atoms with Gasteiger partial charge < -0.3 is 14.2 Å². The molecule has 1 unspecified atom stereocenters. The highest BCUT2D eigenvalue weighted by molar-refractivity contribution is 5.71. The summed E-state index contributed by atoms with van der Waals surface area (Å²) in [4.78, 5) is 37.9. The lowest BCUT2D eigenvalue weighted by Gasteiger charge is -2.18. The predicted molar refractivity (Wildman–Crippen MR) is 307 cm³/mol. The molecule has 1 atom stereocenters. The van der Waals surface area contributed by atoms with Crippen LogP contribution in [0.1, 0.15) is 290 Å². The third kappa shape index (κ3) is 57.4. The van der Waals surface area contributed by atoms with Crippen LogP contribution in [0.15, 0.2) is 85.1 Å². The molecule has 0 aliphatic heterocycles. The molecule has 0 rings (SSSR count). The molecule has 0 aliphatic rings. The highest BCUT2D eigenvalue weighted by atomic mass is 16.6. The highest BCUT2D eigenvalue weighted by Gasteiger charge is 2.19. The van der Waals surface area contributed by atoms with Crippen molar-refractivity contribution in [3.63, 3.8) is 0 Å². The minimum absolute atomic E-state index is 0.0809. The average molecular weight is 990 g/mol. The minimum atomic E-state index is -0.780. The lowest BCUT2D eigenvalue weighted by molar-refractivity contribution is -0.167. The summed E-state index contributed by atoms with van der Waals surface area (Å²) in [5.41, 5.74) is 0. The Morgan fingerprint density at radius 3 is 0.859 bits per heavy atom. The van der Waals surface area contributed by atoms with Gasteiger partial charge in [0.15, 0.2) is 6.10 Å². The molecular weight excluding hydrogens is 877 g/mol. The van der Waals surface area contributed by atoms with Crippen LogP contribution in [0.25, 0.3) is 0 Å². The maximum atomic E-state index is 12.8. The molecule has 0 aromatic heterocycles. The lowest BCUT2D eigenvalue weighted by Crippen LogP contribution is -2.30. The summed E-state index contributed by atoms with van der Waals surface area (Å²) in [5.74, 6) is -0.901. The van der Waals surface area contributed by atoms with Gasteiger partial charge in [-0.15, -0.1) is 0 Å². The molecule has 408 valence electrons. The van der Waals surface area contributed by atoms with Crippen molar-refractivity contribution in [2.24, 2.45) is 0 Å². The summed E-state index contributed by atoms with van der Waals surface area (Å²) >= 11 is 0. The van der Waals surface area contributed by atoms with Gasteiger partial charge in [0.2, 0.25) is 0 Å². The molecule has 0 fully saturated rings. The Kier molecular flexibility index (Phi) is 56.3. The van der Waals surface area contributed by atoms with Gasteiger partial charge in [0.05, 0.1) is 0 Å². The number of rotatable bonds is 54. The van der Waals surface area contributed by atoms with E-state index in [4.69, 9.17) is 14.2 Å². The largest absolute Gasteiger partial charge is 0.462 e. The van der Waals surface area contributed by atoms with Gasteiger partial charge in [0.25, 0.3) is 0 Å². The Morgan fingerprint density at radius 2 is 0.549 bits per heavy atom. The number of hydrogen-bond acceptors (Lipinski definition) is 6. The molecule has 0 heterocycles. The first kappa shape index (κ1) is 67.6. The topological polar surface area (TPSA) is 78.9 Å². The molecule has 71 heavy (non-hydrogen) atoms. The van der Waals surface area contributed by atoms with Crippen LogP contribution in [-0.4, -0.2) is 37.2 Å². The van der Waals surface area contributed by atoms with Gasteiger partial charge in [-0.05, 0) is 96.3 Å². The Hall–Kier alpha value is -3.41. The van der Waals surface area contributed by atoms with Gasteiger partial charge in [-0.25, -0.2) is 0 Å². The van der Waals surface area contributed by atoms with E-state index in [1.54, 1.807) is 0 Å². The molecular formula is C65H112O6. The van der Waals surface area contributed by atoms with Crippen LogP contribution in [0.2, 0.25) is 0 Å². The first-order chi connectivity index (χ1) is 35.0. The number of carbonyl (C=O) groups excluding carboxylic acids is 3. The first-order valence-electron chi connectivity index (χ1n) is 30.1. The van der Waals surface area contributed by atoms with E-state index in [0.717, 1.165) is 116 Å². The summed E-state index contributed by atoms with van der Waals surface area (Å²) in [6.45, 7) is 6.44. The number of unbranched alkanes of at least 4 members (excludes halogenated alkanes) is 29. The molecule has 0 saturated heterocycles. The number of ether oxygens (including phenoxy) is 3. The van der Waals surface area contributed by atoms with Crippen molar-refractivity contribution in [2.45, 2.75) is 297 Å². The van der Waals surface area contributed by atoms with Crippen LogP contribution < -0.4 is 0 Å². The fourth-order valence-corrected chi connectivity index (χ4v) is 8.38. The van der Waals surface area contributed by atoms with Gasteiger partial charge in [-0.1, -0.05) is 260 Å². The van der Waals surface area contributed by atoms with Crippen molar-refractivity contribution in [1.82, 2.24) is 0 Å². The van der Waals surface area contributed by atoms with Crippen LogP contribution in [-0.2, 0) is 28.6 Å². The van der Waals surface area contributed by atoms with Gasteiger partial charge in [0.1, 0.15) is 13.2 Å². The Morgan fingerprint density at radius 1 is 0.296 bits per heavy atom. The number of allylic oxidation sites excluding steroid dienone is 14. The molecule has 6 heteroatoms. The zero-order valence-corrected chi connectivity index (χ0v) is 46.7. The molecule has 0 aliphatic carbocycles.